The molecular weight excluding hydrogens is 548 g/mol. The Bertz CT molecular complexity index is 1750. The van der Waals surface area contributed by atoms with Crippen LogP contribution in [0.25, 0.3) is 23.0 Å². The predicted octanol–water partition coefficient (Wildman–Crippen LogP) is 7.33. The van der Waals surface area contributed by atoms with Gasteiger partial charge < -0.3 is 4.74 Å². The average molecular weight is 577 g/mol. The number of carbonyl (C=O) groups is 2. The van der Waals surface area contributed by atoms with Crippen LogP contribution in [0.2, 0.25) is 5.02 Å². The summed E-state index contributed by atoms with van der Waals surface area (Å²) >= 11 is 6.58. The average Bonchev–Trinajstić information content (AvgIpc) is 3.43. The Morgan fingerprint density at radius 1 is 1.02 bits per heavy atom. The van der Waals surface area contributed by atoms with Gasteiger partial charge in [-0.1, -0.05) is 67.1 Å². The maximum absolute atomic E-state index is 14.0. The molecule has 2 amide bonds. The van der Waals surface area contributed by atoms with E-state index < -0.39 is 17.9 Å². The van der Waals surface area contributed by atoms with Crippen molar-refractivity contribution in [2.75, 3.05) is 6.61 Å². The second kappa shape index (κ2) is 12.3. The Morgan fingerprint density at radius 3 is 2.36 bits per heavy atom. The van der Waals surface area contributed by atoms with E-state index in [-0.39, 0.29) is 11.1 Å². The van der Waals surface area contributed by atoms with Crippen molar-refractivity contribution in [3.8, 4) is 28.8 Å². The number of halogens is 1. The van der Waals surface area contributed by atoms with Crippen LogP contribution in [-0.2, 0) is 9.59 Å². The molecule has 0 bridgehead atoms. The van der Waals surface area contributed by atoms with Crippen LogP contribution in [0.4, 0.5) is 0 Å². The molecular formula is C34H29ClN4O3. The summed E-state index contributed by atoms with van der Waals surface area (Å²) in [5.41, 5.74) is 4.04. The quantitative estimate of drug-likeness (QED) is 0.162. The Kier molecular flexibility index (Phi) is 8.37. The SMILES string of the molecule is CCCOc1ccc(-c2nn(-c3ccccc3)cc2/C=C2/C(=O)N(C(C)c3ccccc3)C(=O)C(C#N)=C2C)cc1Cl. The minimum absolute atomic E-state index is 0.0684. The molecule has 42 heavy (non-hydrogen) atoms. The summed E-state index contributed by atoms with van der Waals surface area (Å²) in [7, 11) is 0. The van der Waals surface area contributed by atoms with Gasteiger partial charge >= 0.3 is 0 Å². The van der Waals surface area contributed by atoms with Crippen LogP contribution in [0.15, 0.2) is 102 Å². The highest BCUT2D eigenvalue weighted by atomic mass is 35.5. The van der Waals surface area contributed by atoms with Crippen molar-refractivity contribution in [1.82, 2.24) is 14.7 Å². The summed E-state index contributed by atoms with van der Waals surface area (Å²) in [5.74, 6) is -0.510. The number of imide groups is 1. The number of para-hydroxylation sites is 1. The second-order valence-corrected chi connectivity index (χ2v) is 10.4. The van der Waals surface area contributed by atoms with Crippen LogP contribution in [0.5, 0.6) is 5.75 Å². The third-order valence-corrected chi connectivity index (χ3v) is 7.47. The highest BCUT2D eigenvalue weighted by Crippen LogP contribution is 2.36. The van der Waals surface area contributed by atoms with Gasteiger partial charge in [0.1, 0.15) is 23.1 Å². The van der Waals surface area contributed by atoms with Gasteiger partial charge in [-0.05, 0) is 67.8 Å². The summed E-state index contributed by atoms with van der Waals surface area (Å²) in [6.45, 7) is 5.98. The molecule has 2 heterocycles. The van der Waals surface area contributed by atoms with Crippen molar-refractivity contribution in [1.29, 1.82) is 5.26 Å². The number of nitrogens with zero attached hydrogens (tertiary/aromatic N) is 4. The number of aromatic nitrogens is 2. The van der Waals surface area contributed by atoms with Gasteiger partial charge in [0.25, 0.3) is 11.8 Å². The molecule has 5 rings (SSSR count). The maximum Gasteiger partial charge on any atom is 0.272 e. The fourth-order valence-corrected chi connectivity index (χ4v) is 5.13. The van der Waals surface area contributed by atoms with Crippen LogP contribution in [0, 0.1) is 11.3 Å². The highest BCUT2D eigenvalue weighted by Gasteiger charge is 2.39. The molecule has 8 heteroatoms. The van der Waals surface area contributed by atoms with Gasteiger partial charge in [-0.2, -0.15) is 10.4 Å². The second-order valence-electron chi connectivity index (χ2n) is 9.94. The van der Waals surface area contributed by atoms with Gasteiger partial charge in [0.05, 0.1) is 23.4 Å². The number of carbonyl (C=O) groups excluding carboxylic acids is 2. The van der Waals surface area contributed by atoms with Gasteiger partial charge in [-0.15, -0.1) is 0 Å². The Hall–Kier alpha value is -4.93. The molecule has 210 valence electrons. The lowest BCUT2D eigenvalue weighted by Crippen LogP contribution is -2.44. The molecule has 1 aliphatic heterocycles. The lowest BCUT2D eigenvalue weighted by atomic mass is 9.91. The summed E-state index contributed by atoms with van der Waals surface area (Å²) in [4.78, 5) is 28.5. The van der Waals surface area contributed by atoms with E-state index in [1.807, 2.05) is 85.9 Å². The minimum Gasteiger partial charge on any atom is -0.492 e. The minimum atomic E-state index is -0.608. The number of rotatable bonds is 8. The maximum atomic E-state index is 14.0. The van der Waals surface area contributed by atoms with E-state index in [0.717, 1.165) is 28.1 Å². The number of nitriles is 1. The molecule has 1 atom stereocenters. The standard InChI is InChI=1S/C34H29ClN4O3/c1-4-17-42-31-16-15-25(19-30(31)35)32-26(21-38(37-32)27-13-9-6-10-14-27)18-28-22(2)29(20-36)34(41)39(33(28)40)23(3)24-11-7-5-8-12-24/h5-16,18-19,21,23H,4,17H2,1-3H3/b28-18+. The fraction of sp³-hybridized carbons (Fsp3) is 0.176. The topological polar surface area (TPSA) is 88.2 Å². The molecule has 0 saturated carbocycles. The third kappa shape index (κ3) is 5.50. The molecule has 0 spiro atoms. The highest BCUT2D eigenvalue weighted by molar-refractivity contribution is 6.32. The number of hydrogen-bond donors (Lipinski definition) is 0. The lowest BCUT2D eigenvalue weighted by Gasteiger charge is -2.32. The molecule has 0 radical (unpaired) electrons. The third-order valence-electron chi connectivity index (χ3n) is 7.17. The molecule has 4 aromatic rings. The summed E-state index contributed by atoms with van der Waals surface area (Å²) in [6.07, 6.45) is 4.37. The zero-order chi connectivity index (χ0) is 29.8. The number of benzene rings is 3. The first-order valence-corrected chi connectivity index (χ1v) is 14.1. The number of ether oxygens (including phenoxy) is 1. The molecule has 1 aromatic heterocycles. The number of hydrogen-bond acceptors (Lipinski definition) is 5. The van der Waals surface area contributed by atoms with Crippen molar-refractivity contribution in [3.05, 3.63) is 118 Å². The first kappa shape index (κ1) is 28.6. The van der Waals surface area contributed by atoms with E-state index in [1.165, 1.54) is 0 Å². The normalized spacial score (nSPS) is 15.2. The summed E-state index contributed by atoms with van der Waals surface area (Å²) in [6, 6.07) is 25.8. The van der Waals surface area contributed by atoms with Crippen molar-refractivity contribution in [2.45, 2.75) is 33.2 Å². The van der Waals surface area contributed by atoms with Crippen LogP contribution < -0.4 is 4.74 Å². The van der Waals surface area contributed by atoms with Crippen molar-refractivity contribution < 1.29 is 14.3 Å². The van der Waals surface area contributed by atoms with Gasteiger partial charge in [-0.25, -0.2) is 4.68 Å². The van der Waals surface area contributed by atoms with Crippen molar-refractivity contribution in [2.24, 2.45) is 0 Å². The first-order valence-electron chi connectivity index (χ1n) is 13.7. The zero-order valence-corrected chi connectivity index (χ0v) is 24.3. The van der Waals surface area contributed by atoms with Crippen LogP contribution in [0.3, 0.4) is 0 Å². The van der Waals surface area contributed by atoms with Crippen LogP contribution in [0.1, 0.15) is 44.4 Å². The molecule has 0 saturated heterocycles. The lowest BCUT2D eigenvalue weighted by molar-refractivity contribution is -0.143. The van der Waals surface area contributed by atoms with Crippen LogP contribution >= 0.6 is 11.6 Å². The molecule has 0 fully saturated rings. The van der Waals surface area contributed by atoms with E-state index in [2.05, 4.69) is 0 Å². The zero-order valence-electron chi connectivity index (χ0n) is 23.5. The van der Waals surface area contributed by atoms with E-state index >= 15 is 0 Å². The smallest absolute Gasteiger partial charge is 0.272 e. The van der Waals surface area contributed by atoms with Gasteiger partial charge in [0.2, 0.25) is 0 Å². The van der Waals surface area contributed by atoms with E-state index in [4.69, 9.17) is 21.4 Å². The Morgan fingerprint density at radius 2 is 1.71 bits per heavy atom. The molecule has 3 aromatic carbocycles. The van der Waals surface area contributed by atoms with E-state index in [9.17, 15) is 14.9 Å². The van der Waals surface area contributed by atoms with Crippen molar-refractivity contribution in [3.63, 3.8) is 0 Å². The van der Waals surface area contributed by atoms with E-state index in [1.54, 1.807) is 36.7 Å². The Balaban J connectivity index is 1.66. The monoisotopic (exact) mass is 576 g/mol. The van der Waals surface area contributed by atoms with E-state index in [0.29, 0.717) is 34.2 Å². The molecule has 0 aliphatic carbocycles. The van der Waals surface area contributed by atoms with Crippen LogP contribution in [-0.4, -0.2) is 33.1 Å². The molecule has 0 N–H and O–H groups in total. The van der Waals surface area contributed by atoms with Crippen molar-refractivity contribution >= 4 is 29.5 Å². The first-order chi connectivity index (χ1) is 20.3. The summed E-state index contributed by atoms with van der Waals surface area (Å²) in [5, 5.41) is 15.2. The molecule has 1 aliphatic rings. The van der Waals surface area contributed by atoms with Gasteiger partial charge in [0, 0.05) is 22.9 Å². The molecule has 1 unspecified atom stereocenters. The predicted molar refractivity (Wildman–Crippen MR) is 163 cm³/mol. The van der Waals surface area contributed by atoms with Gasteiger partial charge in [-0.3, -0.25) is 14.5 Å². The molecule has 7 nitrogen and oxygen atoms in total. The largest absolute Gasteiger partial charge is 0.492 e. The summed E-state index contributed by atoms with van der Waals surface area (Å²) < 4.78 is 7.47. The Labute approximate surface area is 249 Å². The fourth-order valence-electron chi connectivity index (χ4n) is 4.89. The number of amides is 2. The van der Waals surface area contributed by atoms with Gasteiger partial charge in [0.15, 0.2) is 0 Å².